The first-order valence-corrected chi connectivity index (χ1v) is 10.7. The van der Waals surface area contributed by atoms with Gasteiger partial charge in [0.15, 0.2) is 0 Å². The monoisotopic (exact) mass is 384 g/mol. The van der Waals surface area contributed by atoms with Crippen molar-refractivity contribution in [1.82, 2.24) is 19.7 Å². The molecule has 0 saturated carbocycles. The smallest absolute Gasteiger partial charge is 0.227 e. The molecule has 0 aromatic carbocycles. The van der Waals surface area contributed by atoms with Gasteiger partial charge in [-0.05, 0) is 68.8 Å². The van der Waals surface area contributed by atoms with Gasteiger partial charge in [0.25, 0.3) is 0 Å². The van der Waals surface area contributed by atoms with Crippen molar-refractivity contribution < 1.29 is 9.59 Å². The molecule has 3 saturated heterocycles. The molecular weight excluding hydrogens is 352 g/mol. The van der Waals surface area contributed by atoms with Gasteiger partial charge in [0.2, 0.25) is 11.8 Å². The number of hydrogen-bond acceptors (Lipinski definition) is 4. The molecule has 6 nitrogen and oxygen atoms in total. The van der Waals surface area contributed by atoms with E-state index < -0.39 is 0 Å². The molecule has 0 aliphatic carbocycles. The van der Waals surface area contributed by atoms with E-state index in [1.54, 1.807) is 0 Å². The fraction of sp³-hybridized carbons (Fsp3) is 0.682. The van der Waals surface area contributed by atoms with Crippen LogP contribution in [0.2, 0.25) is 0 Å². The molecule has 3 fully saturated rings. The maximum Gasteiger partial charge on any atom is 0.227 e. The molecule has 28 heavy (non-hydrogen) atoms. The van der Waals surface area contributed by atoms with Crippen molar-refractivity contribution in [2.45, 2.75) is 38.5 Å². The Balaban J connectivity index is 1.31. The summed E-state index contributed by atoms with van der Waals surface area (Å²) in [5, 5.41) is 0. The molecule has 2 amide bonds. The summed E-state index contributed by atoms with van der Waals surface area (Å²) in [7, 11) is 2.10. The van der Waals surface area contributed by atoms with E-state index in [1.165, 1.54) is 5.56 Å². The number of pyridine rings is 1. The van der Waals surface area contributed by atoms with Gasteiger partial charge >= 0.3 is 0 Å². The second kappa shape index (κ2) is 8.19. The Morgan fingerprint density at radius 1 is 1.18 bits per heavy atom. The number of rotatable bonds is 4. The van der Waals surface area contributed by atoms with Gasteiger partial charge in [-0.2, -0.15) is 0 Å². The van der Waals surface area contributed by atoms with Crippen molar-refractivity contribution in [3.05, 3.63) is 30.1 Å². The maximum atomic E-state index is 12.8. The first-order valence-electron chi connectivity index (χ1n) is 10.7. The van der Waals surface area contributed by atoms with E-state index >= 15 is 0 Å². The van der Waals surface area contributed by atoms with E-state index in [0.29, 0.717) is 12.3 Å². The van der Waals surface area contributed by atoms with Crippen LogP contribution in [0.5, 0.6) is 0 Å². The van der Waals surface area contributed by atoms with Gasteiger partial charge in [0.1, 0.15) is 0 Å². The standard InChI is InChI=1S/C22H32N4O2/c1-24-12-6-19(16-24)21(28)25-14-8-22(9-15-25)7-2-20(27)26(17-22)13-5-18-3-10-23-11-4-18/h3-4,10-11,19H,2,5-9,12-17H2,1H3/t19-/m1/s1. The Labute approximate surface area is 167 Å². The fourth-order valence-electron chi connectivity index (χ4n) is 5.12. The average Bonchev–Trinajstić information content (AvgIpc) is 3.16. The Kier molecular flexibility index (Phi) is 5.67. The molecule has 4 heterocycles. The molecule has 152 valence electrons. The minimum atomic E-state index is 0.184. The lowest BCUT2D eigenvalue weighted by Crippen LogP contribution is -2.53. The van der Waals surface area contributed by atoms with E-state index in [2.05, 4.69) is 26.7 Å². The van der Waals surface area contributed by atoms with Crippen LogP contribution in [0.25, 0.3) is 0 Å². The van der Waals surface area contributed by atoms with Gasteiger partial charge in [-0.3, -0.25) is 14.6 Å². The lowest BCUT2D eigenvalue weighted by molar-refractivity contribution is -0.144. The highest BCUT2D eigenvalue weighted by atomic mass is 16.2. The molecule has 3 aliphatic heterocycles. The molecule has 0 bridgehead atoms. The quantitative estimate of drug-likeness (QED) is 0.794. The molecule has 4 rings (SSSR count). The highest BCUT2D eigenvalue weighted by Crippen LogP contribution is 2.40. The molecule has 1 spiro atoms. The first-order chi connectivity index (χ1) is 13.5. The zero-order valence-electron chi connectivity index (χ0n) is 17.0. The Morgan fingerprint density at radius 3 is 2.61 bits per heavy atom. The van der Waals surface area contributed by atoms with Crippen LogP contribution in [0.3, 0.4) is 0 Å². The van der Waals surface area contributed by atoms with Crippen molar-refractivity contribution in [3.63, 3.8) is 0 Å². The lowest BCUT2D eigenvalue weighted by atomic mass is 9.72. The van der Waals surface area contributed by atoms with E-state index in [4.69, 9.17) is 0 Å². The van der Waals surface area contributed by atoms with E-state index in [0.717, 1.165) is 71.4 Å². The Hall–Kier alpha value is -1.95. The Morgan fingerprint density at radius 2 is 1.93 bits per heavy atom. The third-order valence-electron chi connectivity index (χ3n) is 7.04. The SMILES string of the molecule is CN1CC[C@@H](C(=O)N2CCC3(CCC(=O)N(CCc4ccncc4)C3)CC2)C1. The number of likely N-dealkylation sites (tertiary alicyclic amines) is 3. The van der Waals surface area contributed by atoms with Crippen molar-refractivity contribution in [3.8, 4) is 0 Å². The molecule has 6 heteroatoms. The zero-order valence-corrected chi connectivity index (χ0v) is 17.0. The molecule has 0 radical (unpaired) electrons. The van der Waals surface area contributed by atoms with Gasteiger partial charge in [-0.25, -0.2) is 0 Å². The van der Waals surface area contributed by atoms with Gasteiger partial charge in [-0.15, -0.1) is 0 Å². The number of nitrogens with zero attached hydrogens (tertiary/aromatic N) is 4. The van der Waals surface area contributed by atoms with E-state index in [9.17, 15) is 9.59 Å². The number of amides is 2. The van der Waals surface area contributed by atoms with Gasteiger partial charge in [-0.1, -0.05) is 0 Å². The summed E-state index contributed by atoms with van der Waals surface area (Å²) in [5.41, 5.74) is 1.43. The summed E-state index contributed by atoms with van der Waals surface area (Å²) in [6.07, 6.45) is 9.18. The average molecular weight is 385 g/mol. The summed E-state index contributed by atoms with van der Waals surface area (Å²) in [6, 6.07) is 4.05. The minimum absolute atomic E-state index is 0.184. The van der Waals surface area contributed by atoms with Crippen LogP contribution in [0.4, 0.5) is 0 Å². The molecule has 0 N–H and O–H groups in total. The summed E-state index contributed by atoms with van der Waals surface area (Å²) in [4.78, 5) is 35.8. The molecule has 1 aromatic rings. The summed E-state index contributed by atoms with van der Waals surface area (Å²) < 4.78 is 0. The molecule has 0 unspecified atom stereocenters. The van der Waals surface area contributed by atoms with Crippen LogP contribution in [-0.2, 0) is 16.0 Å². The molecular formula is C22H32N4O2. The second-order valence-corrected chi connectivity index (χ2v) is 8.99. The summed E-state index contributed by atoms with van der Waals surface area (Å²) in [6.45, 7) is 5.27. The predicted molar refractivity (Wildman–Crippen MR) is 108 cm³/mol. The molecule has 1 aromatic heterocycles. The van der Waals surface area contributed by atoms with Crippen molar-refractivity contribution in [1.29, 1.82) is 0 Å². The van der Waals surface area contributed by atoms with E-state index in [1.807, 2.05) is 24.5 Å². The summed E-state index contributed by atoms with van der Waals surface area (Å²) >= 11 is 0. The number of hydrogen-bond donors (Lipinski definition) is 0. The number of carbonyl (C=O) groups excluding carboxylic acids is 2. The van der Waals surface area contributed by atoms with Crippen molar-refractivity contribution in [2.75, 3.05) is 46.3 Å². The third-order valence-corrected chi connectivity index (χ3v) is 7.04. The second-order valence-electron chi connectivity index (χ2n) is 8.99. The van der Waals surface area contributed by atoms with Crippen LogP contribution < -0.4 is 0 Å². The Bertz CT molecular complexity index is 700. The third kappa shape index (κ3) is 4.22. The lowest BCUT2D eigenvalue weighted by Gasteiger charge is -2.47. The minimum Gasteiger partial charge on any atom is -0.342 e. The highest BCUT2D eigenvalue weighted by molar-refractivity contribution is 5.79. The number of carbonyl (C=O) groups is 2. The van der Waals surface area contributed by atoms with E-state index in [-0.39, 0.29) is 17.2 Å². The topological polar surface area (TPSA) is 56.8 Å². The molecule has 3 aliphatic rings. The van der Waals surface area contributed by atoms with Crippen LogP contribution in [0, 0.1) is 11.3 Å². The van der Waals surface area contributed by atoms with Crippen molar-refractivity contribution >= 4 is 11.8 Å². The fourth-order valence-corrected chi connectivity index (χ4v) is 5.12. The zero-order chi connectivity index (χ0) is 19.6. The largest absolute Gasteiger partial charge is 0.342 e. The van der Waals surface area contributed by atoms with Crippen molar-refractivity contribution in [2.24, 2.45) is 11.3 Å². The van der Waals surface area contributed by atoms with Crippen LogP contribution in [0.15, 0.2) is 24.5 Å². The maximum absolute atomic E-state index is 12.8. The predicted octanol–water partition coefficient (Wildman–Crippen LogP) is 1.81. The molecule has 1 atom stereocenters. The number of aromatic nitrogens is 1. The number of piperidine rings is 2. The van der Waals surface area contributed by atoms with Gasteiger partial charge in [0.05, 0.1) is 5.92 Å². The van der Waals surface area contributed by atoms with Gasteiger partial charge < -0.3 is 14.7 Å². The van der Waals surface area contributed by atoms with Crippen LogP contribution >= 0.6 is 0 Å². The highest BCUT2D eigenvalue weighted by Gasteiger charge is 2.42. The summed E-state index contributed by atoms with van der Waals surface area (Å²) in [5.74, 6) is 0.816. The normalized spacial score (nSPS) is 25.5. The first kappa shape index (κ1) is 19.4. The van der Waals surface area contributed by atoms with Crippen LogP contribution in [0.1, 0.15) is 37.7 Å². The van der Waals surface area contributed by atoms with Crippen LogP contribution in [-0.4, -0.2) is 77.8 Å². The van der Waals surface area contributed by atoms with Gasteiger partial charge in [0, 0.05) is 51.5 Å².